The number of hydrogen-bond acceptors (Lipinski definition) is 4. The molecule has 1 aliphatic carbocycles. The molecule has 1 heterocycles. The van der Waals surface area contributed by atoms with Crippen molar-refractivity contribution in [3.05, 3.63) is 18.4 Å². The molecule has 0 aliphatic heterocycles. The molecular weight excluding hydrogens is 308 g/mol. The summed E-state index contributed by atoms with van der Waals surface area (Å²) in [4.78, 5) is 27.1. The fraction of sp³-hybridized carbons (Fsp3) is 0.722. The van der Waals surface area contributed by atoms with E-state index >= 15 is 0 Å². The minimum Gasteiger partial charge on any atom is -0.481 e. The van der Waals surface area contributed by atoms with Crippen molar-refractivity contribution in [2.75, 3.05) is 0 Å². The highest BCUT2D eigenvalue weighted by Gasteiger charge is 2.42. The first-order chi connectivity index (χ1) is 11.4. The number of rotatable bonds is 8. The van der Waals surface area contributed by atoms with Crippen LogP contribution in [-0.2, 0) is 9.59 Å². The fourth-order valence-electron chi connectivity index (χ4n) is 3.93. The summed E-state index contributed by atoms with van der Waals surface area (Å²) in [5, 5.41) is 12.6. The number of aliphatic carboxylic acids is 1. The molecule has 0 aromatic carbocycles. The molecule has 1 aromatic rings. The Bertz CT molecular complexity index is 549. The molecule has 24 heavy (non-hydrogen) atoms. The monoisotopic (exact) mass is 336 g/mol. The van der Waals surface area contributed by atoms with Crippen LogP contribution in [0.5, 0.6) is 0 Å². The summed E-state index contributed by atoms with van der Waals surface area (Å²) in [5.41, 5.74) is -0.602. The molecule has 6 heteroatoms. The minimum absolute atomic E-state index is 0.0260. The number of carbonyl (C=O) groups excluding carboxylic acids is 1. The second-order valence-corrected chi connectivity index (χ2v) is 7.19. The first-order valence-electron chi connectivity index (χ1n) is 8.74. The van der Waals surface area contributed by atoms with Crippen molar-refractivity contribution in [3.8, 4) is 0 Å². The van der Waals surface area contributed by atoms with Crippen molar-refractivity contribution in [2.45, 2.75) is 71.3 Å². The lowest BCUT2D eigenvalue weighted by molar-refractivity contribution is -0.149. The Hall–Kier alpha value is -1.85. The average molecular weight is 336 g/mol. The van der Waals surface area contributed by atoms with E-state index in [0.717, 1.165) is 31.4 Å². The Morgan fingerprint density at radius 1 is 1.38 bits per heavy atom. The summed E-state index contributed by atoms with van der Waals surface area (Å²) >= 11 is 0. The van der Waals surface area contributed by atoms with Crippen LogP contribution in [0.15, 0.2) is 17.0 Å². The summed E-state index contributed by atoms with van der Waals surface area (Å²) in [5.74, 6) is 0.167. The number of amides is 1. The fourth-order valence-corrected chi connectivity index (χ4v) is 3.93. The lowest BCUT2D eigenvalue weighted by Gasteiger charge is -2.31. The molecule has 2 N–H and O–H groups in total. The van der Waals surface area contributed by atoms with E-state index in [-0.39, 0.29) is 23.8 Å². The van der Waals surface area contributed by atoms with Gasteiger partial charge in [-0.2, -0.15) is 0 Å². The predicted molar refractivity (Wildman–Crippen MR) is 89.5 cm³/mol. The standard InChI is InChI=1S/C18H28N2O4/c1-12(13(2)20-14(3)21)15(16-10-19-11-24-16)6-9-18(17(22)23)7-4-5-8-18/h10-13,15H,4-9H2,1-3H3,(H,20,21)(H,22,23)/t12-,13?,15+/m1/s1. The maximum absolute atomic E-state index is 11.8. The van der Waals surface area contributed by atoms with E-state index in [4.69, 9.17) is 4.42 Å². The van der Waals surface area contributed by atoms with Crippen LogP contribution in [0, 0.1) is 11.3 Å². The Labute approximate surface area is 143 Å². The zero-order valence-corrected chi connectivity index (χ0v) is 14.7. The molecule has 2 rings (SSSR count). The summed E-state index contributed by atoms with van der Waals surface area (Å²) in [6, 6.07) is -0.0260. The van der Waals surface area contributed by atoms with Crippen LogP contribution in [0.3, 0.4) is 0 Å². The zero-order valence-electron chi connectivity index (χ0n) is 14.7. The molecule has 1 amide bonds. The van der Waals surface area contributed by atoms with Crippen molar-refractivity contribution in [3.63, 3.8) is 0 Å². The molecule has 134 valence electrons. The number of oxazole rings is 1. The first kappa shape index (κ1) is 18.5. The van der Waals surface area contributed by atoms with Gasteiger partial charge in [-0.15, -0.1) is 0 Å². The normalized spacial score (nSPS) is 20.3. The molecule has 0 bridgehead atoms. The molecule has 0 radical (unpaired) electrons. The molecule has 6 nitrogen and oxygen atoms in total. The van der Waals surface area contributed by atoms with E-state index in [9.17, 15) is 14.7 Å². The molecule has 0 saturated heterocycles. The molecule has 3 atom stereocenters. The van der Waals surface area contributed by atoms with Gasteiger partial charge in [-0.25, -0.2) is 4.98 Å². The van der Waals surface area contributed by atoms with Crippen molar-refractivity contribution < 1.29 is 19.1 Å². The van der Waals surface area contributed by atoms with Gasteiger partial charge < -0.3 is 14.8 Å². The molecule has 1 aliphatic rings. The van der Waals surface area contributed by atoms with Gasteiger partial charge in [0.25, 0.3) is 0 Å². The van der Waals surface area contributed by atoms with Gasteiger partial charge in [-0.05, 0) is 38.5 Å². The quantitative estimate of drug-likeness (QED) is 0.759. The van der Waals surface area contributed by atoms with Gasteiger partial charge in [0.1, 0.15) is 5.76 Å². The van der Waals surface area contributed by atoms with Gasteiger partial charge in [0.05, 0.1) is 11.6 Å². The Morgan fingerprint density at radius 2 is 2.04 bits per heavy atom. The first-order valence-corrected chi connectivity index (χ1v) is 8.74. The van der Waals surface area contributed by atoms with E-state index < -0.39 is 11.4 Å². The summed E-state index contributed by atoms with van der Waals surface area (Å²) in [6.07, 6.45) is 7.91. The Balaban J connectivity index is 2.12. The predicted octanol–water partition coefficient (Wildman–Crippen LogP) is 3.34. The largest absolute Gasteiger partial charge is 0.481 e. The number of aromatic nitrogens is 1. The van der Waals surface area contributed by atoms with E-state index in [1.54, 1.807) is 6.20 Å². The highest BCUT2D eigenvalue weighted by Crippen LogP contribution is 2.45. The van der Waals surface area contributed by atoms with E-state index in [1.807, 2.05) is 6.92 Å². The molecule has 0 spiro atoms. The van der Waals surface area contributed by atoms with Gasteiger partial charge in [0, 0.05) is 18.9 Å². The third-order valence-corrected chi connectivity index (χ3v) is 5.62. The van der Waals surface area contributed by atoms with Crippen molar-refractivity contribution >= 4 is 11.9 Å². The molecule has 1 unspecified atom stereocenters. The lowest BCUT2D eigenvalue weighted by atomic mass is 9.75. The molecule has 1 fully saturated rings. The van der Waals surface area contributed by atoms with Crippen molar-refractivity contribution in [1.29, 1.82) is 0 Å². The highest BCUT2D eigenvalue weighted by molar-refractivity contribution is 5.75. The van der Waals surface area contributed by atoms with Crippen LogP contribution in [0.25, 0.3) is 0 Å². The smallest absolute Gasteiger partial charge is 0.309 e. The number of nitrogens with one attached hydrogen (secondary N) is 1. The number of nitrogens with zero attached hydrogens (tertiary/aromatic N) is 1. The van der Waals surface area contributed by atoms with Gasteiger partial charge in [0.15, 0.2) is 6.39 Å². The van der Waals surface area contributed by atoms with Crippen molar-refractivity contribution in [2.24, 2.45) is 11.3 Å². The van der Waals surface area contributed by atoms with Crippen LogP contribution < -0.4 is 5.32 Å². The lowest BCUT2D eigenvalue weighted by Crippen LogP contribution is -2.38. The van der Waals surface area contributed by atoms with Gasteiger partial charge in [0.2, 0.25) is 5.91 Å². The Kier molecular flexibility index (Phi) is 6.02. The Morgan fingerprint density at radius 3 is 2.54 bits per heavy atom. The van der Waals surface area contributed by atoms with Crippen LogP contribution in [0.1, 0.15) is 71.0 Å². The van der Waals surface area contributed by atoms with Gasteiger partial charge in [-0.1, -0.05) is 19.8 Å². The average Bonchev–Trinajstić information content (AvgIpc) is 3.18. The van der Waals surface area contributed by atoms with Gasteiger partial charge in [-0.3, -0.25) is 9.59 Å². The van der Waals surface area contributed by atoms with Gasteiger partial charge >= 0.3 is 5.97 Å². The summed E-state index contributed by atoms with van der Waals surface area (Å²) < 4.78 is 5.51. The van der Waals surface area contributed by atoms with E-state index in [2.05, 4.69) is 17.2 Å². The molecular formula is C18H28N2O4. The minimum atomic E-state index is -0.682. The van der Waals surface area contributed by atoms with E-state index in [0.29, 0.717) is 12.8 Å². The van der Waals surface area contributed by atoms with Crippen LogP contribution >= 0.6 is 0 Å². The maximum Gasteiger partial charge on any atom is 0.309 e. The summed E-state index contributed by atoms with van der Waals surface area (Å²) in [7, 11) is 0. The number of carboxylic acid groups (broad SMARTS) is 1. The highest BCUT2D eigenvalue weighted by atomic mass is 16.4. The second kappa shape index (κ2) is 7.81. The van der Waals surface area contributed by atoms with Crippen LogP contribution in [-0.4, -0.2) is 28.0 Å². The number of hydrogen-bond donors (Lipinski definition) is 2. The third-order valence-electron chi connectivity index (χ3n) is 5.62. The van der Waals surface area contributed by atoms with Crippen LogP contribution in [0.4, 0.5) is 0 Å². The van der Waals surface area contributed by atoms with E-state index in [1.165, 1.54) is 13.3 Å². The van der Waals surface area contributed by atoms with Crippen LogP contribution in [0.2, 0.25) is 0 Å². The summed E-state index contributed by atoms with van der Waals surface area (Å²) in [6.45, 7) is 5.54. The SMILES string of the molecule is CC(=O)NC(C)[C@@H](C)[C@H](CCC1(C(=O)O)CCCC1)c1cnco1. The number of carboxylic acids is 1. The maximum atomic E-state index is 11.8. The number of carbonyl (C=O) groups is 2. The zero-order chi connectivity index (χ0) is 17.7. The second-order valence-electron chi connectivity index (χ2n) is 7.19. The molecule has 1 aromatic heterocycles. The van der Waals surface area contributed by atoms with Crippen molar-refractivity contribution in [1.82, 2.24) is 10.3 Å². The topological polar surface area (TPSA) is 92.4 Å². The molecule has 1 saturated carbocycles. The third kappa shape index (κ3) is 4.16.